The molecule has 0 unspecified atom stereocenters. The fraction of sp³-hybridized carbons (Fsp3) is 0.895. The van der Waals surface area contributed by atoms with Gasteiger partial charge in [-0.25, -0.2) is 9.18 Å². The molecular formula is C19H28F4N2O4. The van der Waals surface area contributed by atoms with E-state index in [1.165, 1.54) is 19.4 Å². The monoisotopic (exact) mass is 424 g/mol. The second-order valence-corrected chi connectivity index (χ2v) is 8.51. The zero-order valence-corrected chi connectivity index (χ0v) is 16.2. The fourth-order valence-electron chi connectivity index (χ4n) is 4.16. The zero-order chi connectivity index (χ0) is 21.2. The molecule has 2 saturated heterocycles. The highest BCUT2D eigenvalue weighted by Gasteiger charge is 2.41. The Hall–Kier alpha value is -1.42. The van der Waals surface area contributed by atoms with Crippen LogP contribution >= 0.6 is 0 Å². The highest BCUT2D eigenvalue weighted by atomic mass is 19.4. The Balaban J connectivity index is 0.000000298. The molecule has 2 saturated carbocycles. The maximum absolute atomic E-state index is 13.0. The number of carbonyl (C=O) groups excluding carboxylic acids is 1. The van der Waals surface area contributed by atoms with Crippen molar-refractivity contribution in [1.29, 1.82) is 0 Å². The van der Waals surface area contributed by atoms with E-state index >= 15 is 0 Å². The lowest BCUT2D eigenvalue weighted by Gasteiger charge is -2.41. The molecule has 29 heavy (non-hydrogen) atoms. The van der Waals surface area contributed by atoms with Gasteiger partial charge >= 0.3 is 12.1 Å². The highest BCUT2D eigenvalue weighted by Crippen LogP contribution is 2.34. The lowest BCUT2D eigenvalue weighted by molar-refractivity contribution is -0.192. The Bertz CT molecular complexity index is 593. The topological polar surface area (TPSA) is 70.1 Å². The molecule has 0 aromatic rings. The molecule has 10 heteroatoms. The van der Waals surface area contributed by atoms with Crippen LogP contribution in [-0.2, 0) is 14.3 Å². The first-order valence-corrected chi connectivity index (χ1v) is 10.2. The van der Waals surface area contributed by atoms with E-state index in [4.69, 9.17) is 14.6 Å². The number of carbonyl (C=O) groups is 2. The summed E-state index contributed by atoms with van der Waals surface area (Å²) < 4.78 is 50.8. The number of carboxylic acid groups (broad SMARTS) is 1. The molecule has 4 rings (SSSR count). The van der Waals surface area contributed by atoms with Crippen molar-refractivity contribution in [3.05, 3.63) is 0 Å². The Kier molecular flexibility index (Phi) is 7.03. The minimum absolute atomic E-state index is 0.0660. The average molecular weight is 424 g/mol. The number of likely N-dealkylation sites (tertiary alicyclic amines) is 1. The predicted octanol–water partition coefficient (Wildman–Crippen LogP) is 2.33. The van der Waals surface area contributed by atoms with Crippen LogP contribution in [-0.4, -0.2) is 84.6 Å². The largest absolute Gasteiger partial charge is 0.490 e. The van der Waals surface area contributed by atoms with Gasteiger partial charge in [0, 0.05) is 44.6 Å². The van der Waals surface area contributed by atoms with Gasteiger partial charge in [-0.1, -0.05) is 0 Å². The van der Waals surface area contributed by atoms with Crippen LogP contribution in [0, 0.1) is 17.8 Å². The number of hydrogen-bond acceptors (Lipinski definition) is 4. The first kappa shape index (κ1) is 22.3. The Morgan fingerprint density at radius 2 is 1.72 bits per heavy atom. The van der Waals surface area contributed by atoms with Crippen molar-refractivity contribution >= 4 is 11.9 Å². The highest BCUT2D eigenvalue weighted by molar-refractivity contribution is 5.80. The standard InChI is InChI=1S/C17H27FN2O2.C2HF3O2/c18-15-7-14(8-15)17(21)20-4-3-13-10-19(9-12-1-2-12)5-6-22-16(13)11-20;3-2(4,5)1(6)7/h12-16H,1-11H2;(H,6,7)/t13-,14?,15?,16-;/m1./s1. The van der Waals surface area contributed by atoms with E-state index in [0.29, 0.717) is 25.3 Å². The SMILES string of the molecule is O=C(C1CC(F)C1)N1CC[C@@H]2CN(CC3CC3)CCO[C@@H]2C1.O=C(O)C(F)(F)F. The quantitative estimate of drug-likeness (QED) is 0.705. The lowest BCUT2D eigenvalue weighted by atomic mass is 9.81. The second-order valence-electron chi connectivity index (χ2n) is 8.51. The van der Waals surface area contributed by atoms with Crippen LogP contribution in [0.2, 0.25) is 0 Å². The van der Waals surface area contributed by atoms with Crippen molar-refractivity contribution in [2.45, 2.75) is 50.6 Å². The van der Waals surface area contributed by atoms with Crippen LogP contribution in [0.4, 0.5) is 17.6 Å². The Morgan fingerprint density at radius 1 is 1.07 bits per heavy atom. The molecule has 2 atom stereocenters. The third-order valence-corrected chi connectivity index (χ3v) is 6.13. The molecule has 2 heterocycles. The summed E-state index contributed by atoms with van der Waals surface area (Å²) in [5, 5.41) is 7.12. The molecule has 1 N–H and O–H groups in total. The molecule has 0 radical (unpaired) electrons. The number of fused-ring (bicyclic) bond motifs is 1. The summed E-state index contributed by atoms with van der Waals surface area (Å²) >= 11 is 0. The average Bonchev–Trinajstić information content (AvgIpc) is 3.44. The summed E-state index contributed by atoms with van der Waals surface area (Å²) in [6, 6.07) is 0. The normalized spacial score (nSPS) is 32.9. The molecule has 2 aliphatic heterocycles. The van der Waals surface area contributed by atoms with Crippen LogP contribution < -0.4 is 0 Å². The van der Waals surface area contributed by atoms with Crippen LogP contribution in [0.25, 0.3) is 0 Å². The van der Waals surface area contributed by atoms with E-state index in [0.717, 1.165) is 38.6 Å². The van der Waals surface area contributed by atoms with E-state index < -0.39 is 18.3 Å². The van der Waals surface area contributed by atoms with Crippen LogP contribution in [0.15, 0.2) is 0 Å². The molecule has 4 aliphatic rings. The minimum Gasteiger partial charge on any atom is -0.475 e. The van der Waals surface area contributed by atoms with Gasteiger partial charge in [0.05, 0.1) is 12.7 Å². The van der Waals surface area contributed by atoms with Crippen molar-refractivity contribution < 1.29 is 37.0 Å². The van der Waals surface area contributed by atoms with Crippen LogP contribution in [0.1, 0.15) is 32.1 Å². The number of ether oxygens (including phenoxy) is 1. The van der Waals surface area contributed by atoms with Gasteiger partial charge in [0.15, 0.2) is 0 Å². The third kappa shape index (κ3) is 6.28. The summed E-state index contributed by atoms with van der Waals surface area (Å²) in [6.07, 6.45) is -0.975. The van der Waals surface area contributed by atoms with Crippen molar-refractivity contribution in [3.63, 3.8) is 0 Å². The Labute approximate surface area is 167 Å². The summed E-state index contributed by atoms with van der Waals surface area (Å²) in [5.41, 5.74) is 0. The van der Waals surface area contributed by atoms with Crippen molar-refractivity contribution in [2.24, 2.45) is 17.8 Å². The molecule has 0 aromatic heterocycles. The summed E-state index contributed by atoms with van der Waals surface area (Å²) in [4.78, 5) is 25.8. The van der Waals surface area contributed by atoms with Gasteiger partial charge in [-0.05, 0) is 38.0 Å². The van der Waals surface area contributed by atoms with Gasteiger partial charge < -0.3 is 19.6 Å². The first-order chi connectivity index (χ1) is 13.6. The first-order valence-electron chi connectivity index (χ1n) is 10.2. The van der Waals surface area contributed by atoms with E-state index in [9.17, 15) is 22.4 Å². The van der Waals surface area contributed by atoms with Crippen molar-refractivity contribution in [3.8, 4) is 0 Å². The van der Waals surface area contributed by atoms with Crippen LogP contribution in [0.3, 0.4) is 0 Å². The molecule has 1 amide bonds. The van der Waals surface area contributed by atoms with Gasteiger partial charge in [-0.3, -0.25) is 4.79 Å². The van der Waals surface area contributed by atoms with E-state index in [1.807, 2.05) is 4.90 Å². The summed E-state index contributed by atoms with van der Waals surface area (Å²) in [6.45, 7) is 5.71. The minimum atomic E-state index is -5.08. The second kappa shape index (κ2) is 9.16. The van der Waals surface area contributed by atoms with Crippen LogP contribution in [0.5, 0.6) is 0 Å². The van der Waals surface area contributed by atoms with Gasteiger partial charge in [-0.2, -0.15) is 13.2 Å². The number of hydrogen-bond donors (Lipinski definition) is 1. The molecule has 166 valence electrons. The molecule has 0 bridgehead atoms. The number of rotatable bonds is 3. The van der Waals surface area contributed by atoms with Gasteiger partial charge in [0.2, 0.25) is 5.91 Å². The number of alkyl halides is 4. The number of aliphatic carboxylic acids is 1. The van der Waals surface area contributed by atoms with Gasteiger partial charge in [-0.15, -0.1) is 0 Å². The number of halogens is 4. The van der Waals surface area contributed by atoms with Crippen molar-refractivity contribution in [1.82, 2.24) is 9.80 Å². The molecule has 4 fully saturated rings. The third-order valence-electron chi connectivity index (χ3n) is 6.13. The number of carboxylic acids is 1. The molecule has 0 spiro atoms. The van der Waals surface area contributed by atoms with E-state index in [1.54, 1.807) is 0 Å². The molecular weight excluding hydrogens is 396 g/mol. The van der Waals surface area contributed by atoms with Crippen molar-refractivity contribution in [2.75, 3.05) is 39.3 Å². The summed E-state index contributed by atoms with van der Waals surface area (Å²) in [7, 11) is 0. The van der Waals surface area contributed by atoms with Gasteiger partial charge in [0.1, 0.15) is 6.17 Å². The molecule has 2 aliphatic carbocycles. The van der Waals surface area contributed by atoms with Gasteiger partial charge in [0.25, 0.3) is 0 Å². The fourth-order valence-corrected chi connectivity index (χ4v) is 4.16. The molecule has 6 nitrogen and oxygen atoms in total. The maximum Gasteiger partial charge on any atom is 0.490 e. The summed E-state index contributed by atoms with van der Waals surface area (Å²) in [5.74, 6) is -1.18. The Morgan fingerprint density at radius 3 is 2.28 bits per heavy atom. The number of piperidine rings is 1. The van der Waals surface area contributed by atoms with E-state index in [-0.39, 0.29) is 17.9 Å². The number of amides is 1. The smallest absolute Gasteiger partial charge is 0.475 e. The maximum atomic E-state index is 13.0. The van der Waals surface area contributed by atoms with E-state index in [2.05, 4.69) is 4.90 Å². The molecule has 0 aromatic carbocycles. The lowest BCUT2D eigenvalue weighted by Crippen LogP contribution is -2.52. The zero-order valence-electron chi connectivity index (χ0n) is 16.2. The predicted molar refractivity (Wildman–Crippen MR) is 94.9 cm³/mol. The number of nitrogens with zero attached hydrogens (tertiary/aromatic N) is 2.